The van der Waals surface area contributed by atoms with Crippen LogP contribution >= 0.6 is 0 Å². The van der Waals surface area contributed by atoms with Gasteiger partial charge in [-0.05, 0) is 36.2 Å². The number of nitrogens with zero attached hydrogens (tertiary/aromatic N) is 2. The molecule has 22 heavy (non-hydrogen) atoms. The average Bonchev–Trinajstić information content (AvgIpc) is 2.52. The fourth-order valence-corrected chi connectivity index (χ4v) is 2.61. The minimum absolute atomic E-state index is 0.00149. The number of aromatic nitrogens is 2. The largest absolute Gasteiger partial charge is 0.345 e. The van der Waals surface area contributed by atoms with E-state index in [2.05, 4.69) is 15.3 Å². The lowest BCUT2D eigenvalue weighted by Crippen LogP contribution is -2.28. The van der Waals surface area contributed by atoms with Crippen molar-refractivity contribution in [3.8, 4) is 0 Å². The topological polar surface area (TPSA) is 89.0 Å². The number of carbonyl (C=O) groups is 1. The van der Waals surface area contributed by atoms with Gasteiger partial charge in [0.15, 0.2) is 14.9 Å². The van der Waals surface area contributed by atoms with E-state index in [0.717, 1.165) is 6.26 Å². The van der Waals surface area contributed by atoms with Crippen LogP contribution < -0.4 is 5.32 Å². The number of rotatable bonds is 5. The van der Waals surface area contributed by atoms with Gasteiger partial charge in [0.25, 0.3) is 5.91 Å². The third-order valence-corrected chi connectivity index (χ3v) is 4.18. The van der Waals surface area contributed by atoms with Crippen molar-refractivity contribution in [2.45, 2.75) is 24.4 Å². The second-order valence-electron chi connectivity index (χ2n) is 4.87. The van der Waals surface area contributed by atoms with Gasteiger partial charge in [-0.3, -0.25) is 9.78 Å². The van der Waals surface area contributed by atoms with Crippen molar-refractivity contribution >= 4 is 15.7 Å². The molecule has 0 aliphatic rings. The Morgan fingerprint density at radius 1 is 1.23 bits per heavy atom. The predicted octanol–water partition coefficient (Wildman–Crippen LogP) is 1.76. The molecule has 0 spiro atoms. The third kappa shape index (κ3) is 3.88. The van der Waals surface area contributed by atoms with Gasteiger partial charge in [-0.25, -0.2) is 13.4 Å². The number of carbonyl (C=O) groups excluding carboxylic acids is 1. The molecule has 6 nitrogen and oxygen atoms in total. The highest BCUT2D eigenvalue weighted by Gasteiger charge is 2.17. The Hall–Kier alpha value is -2.28. The predicted molar refractivity (Wildman–Crippen MR) is 82.1 cm³/mol. The second kappa shape index (κ2) is 6.65. The second-order valence-corrected chi connectivity index (χ2v) is 6.83. The molecule has 0 bridgehead atoms. The molecule has 0 saturated carbocycles. The fraction of sp³-hybridized carbons (Fsp3) is 0.267. The van der Waals surface area contributed by atoms with Crippen molar-refractivity contribution in [3.63, 3.8) is 0 Å². The molecule has 0 aliphatic heterocycles. The summed E-state index contributed by atoms with van der Waals surface area (Å²) in [5, 5.41) is 2.89. The van der Waals surface area contributed by atoms with E-state index >= 15 is 0 Å². The molecule has 7 heteroatoms. The Morgan fingerprint density at radius 3 is 2.50 bits per heavy atom. The van der Waals surface area contributed by atoms with Crippen LogP contribution in [0.5, 0.6) is 0 Å². The fourth-order valence-electron chi connectivity index (χ4n) is 2.01. The maximum absolute atomic E-state index is 12.2. The summed E-state index contributed by atoms with van der Waals surface area (Å²) in [4.78, 5) is 19.9. The van der Waals surface area contributed by atoms with Crippen LogP contribution in [0.1, 0.15) is 35.3 Å². The van der Waals surface area contributed by atoms with Gasteiger partial charge in [-0.1, -0.05) is 6.92 Å². The maximum Gasteiger partial charge on any atom is 0.251 e. The van der Waals surface area contributed by atoms with Crippen LogP contribution in [0.15, 0.2) is 47.9 Å². The first-order valence-corrected chi connectivity index (χ1v) is 8.68. The van der Waals surface area contributed by atoms with Gasteiger partial charge in [0.05, 0.1) is 6.04 Å². The number of sulfone groups is 1. The normalized spacial score (nSPS) is 12.6. The summed E-state index contributed by atoms with van der Waals surface area (Å²) < 4.78 is 23.2. The highest BCUT2D eigenvalue weighted by Crippen LogP contribution is 2.19. The molecule has 0 saturated heterocycles. The summed E-state index contributed by atoms with van der Waals surface area (Å²) in [7, 11) is -3.38. The van der Waals surface area contributed by atoms with Crippen molar-refractivity contribution in [3.05, 3.63) is 54.0 Å². The zero-order chi connectivity index (χ0) is 16.2. The summed E-state index contributed by atoms with van der Waals surface area (Å²) in [6.07, 6.45) is 6.26. The molecule has 2 heterocycles. The van der Waals surface area contributed by atoms with E-state index in [1.54, 1.807) is 30.6 Å². The molecule has 0 radical (unpaired) electrons. The molecule has 2 rings (SSSR count). The summed E-state index contributed by atoms with van der Waals surface area (Å²) in [6, 6.07) is 6.16. The van der Waals surface area contributed by atoms with Crippen molar-refractivity contribution in [1.82, 2.24) is 15.3 Å². The van der Waals surface area contributed by atoms with E-state index in [0.29, 0.717) is 17.5 Å². The number of hydrogen-bond donors (Lipinski definition) is 1. The van der Waals surface area contributed by atoms with Crippen LogP contribution in [0, 0.1) is 0 Å². The van der Waals surface area contributed by atoms with Gasteiger partial charge in [-0.2, -0.15) is 0 Å². The standard InChI is InChI=1S/C15H17N3O3S/c1-3-13(18-15(19)11-4-7-16-8-5-11)12-6-9-17-14(10-12)22(2,20)21/h4-10,13H,3H2,1-2H3,(H,18,19). The van der Waals surface area contributed by atoms with E-state index in [1.165, 1.54) is 12.3 Å². The molecule has 1 unspecified atom stereocenters. The van der Waals surface area contributed by atoms with Gasteiger partial charge in [-0.15, -0.1) is 0 Å². The molecular formula is C15H17N3O3S. The minimum atomic E-state index is -3.38. The monoisotopic (exact) mass is 319 g/mol. The van der Waals surface area contributed by atoms with Crippen molar-refractivity contribution in [2.24, 2.45) is 0 Å². The number of nitrogens with one attached hydrogen (secondary N) is 1. The van der Waals surface area contributed by atoms with E-state index in [4.69, 9.17) is 0 Å². The molecule has 1 N–H and O–H groups in total. The smallest absolute Gasteiger partial charge is 0.251 e. The number of hydrogen-bond acceptors (Lipinski definition) is 5. The van der Waals surface area contributed by atoms with Crippen molar-refractivity contribution in [2.75, 3.05) is 6.26 Å². The summed E-state index contributed by atoms with van der Waals surface area (Å²) in [6.45, 7) is 1.91. The Morgan fingerprint density at radius 2 is 1.91 bits per heavy atom. The highest BCUT2D eigenvalue weighted by molar-refractivity contribution is 7.90. The molecule has 116 valence electrons. The molecule has 0 fully saturated rings. The molecule has 2 aromatic rings. The van der Waals surface area contributed by atoms with Gasteiger partial charge in [0.2, 0.25) is 0 Å². The van der Waals surface area contributed by atoms with Crippen molar-refractivity contribution in [1.29, 1.82) is 0 Å². The van der Waals surface area contributed by atoms with E-state index in [-0.39, 0.29) is 17.0 Å². The van der Waals surface area contributed by atoms with Gasteiger partial charge >= 0.3 is 0 Å². The van der Waals surface area contributed by atoms with Gasteiger partial charge in [0.1, 0.15) is 0 Å². The molecule has 0 aromatic carbocycles. The van der Waals surface area contributed by atoms with Crippen LogP contribution in [0.25, 0.3) is 0 Å². The van der Waals surface area contributed by atoms with Crippen LogP contribution in [-0.4, -0.2) is 30.5 Å². The van der Waals surface area contributed by atoms with Crippen LogP contribution in [0.3, 0.4) is 0 Å². The highest BCUT2D eigenvalue weighted by atomic mass is 32.2. The SMILES string of the molecule is CCC(NC(=O)c1ccncc1)c1ccnc(S(C)(=O)=O)c1. The Labute approximate surface area is 129 Å². The number of amides is 1. The first kappa shape index (κ1) is 16.1. The summed E-state index contributed by atoms with van der Waals surface area (Å²) in [5.74, 6) is -0.230. The molecule has 1 atom stereocenters. The van der Waals surface area contributed by atoms with E-state index < -0.39 is 9.84 Å². The lowest BCUT2D eigenvalue weighted by molar-refractivity contribution is 0.0935. The third-order valence-electron chi connectivity index (χ3n) is 3.20. The quantitative estimate of drug-likeness (QED) is 0.907. The zero-order valence-corrected chi connectivity index (χ0v) is 13.2. The number of pyridine rings is 2. The van der Waals surface area contributed by atoms with E-state index in [9.17, 15) is 13.2 Å². The first-order valence-electron chi connectivity index (χ1n) is 6.78. The van der Waals surface area contributed by atoms with Crippen molar-refractivity contribution < 1.29 is 13.2 Å². The average molecular weight is 319 g/mol. The van der Waals surface area contributed by atoms with Crippen LogP contribution in [-0.2, 0) is 9.84 Å². The Bertz CT molecular complexity index is 761. The Balaban J connectivity index is 2.24. The van der Waals surface area contributed by atoms with Gasteiger partial charge < -0.3 is 5.32 Å². The molecular weight excluding hydrogens is 302 g/mol. The maximum atomic E-state index is 12.2. The van der Waals surface area contributed by atoms with Crippen LogP contribution in [0.4, 0.5) is 0 Å². The van der Waals surface area contributed by atoms with E-state index in [1.807, 2.05) is 6.92 Å². The van der Waals surface area contributed by atoms with Gasteiger partial charge in [0, 0.05) is 30.4 Å². The summed E-state index contributed by atoms with van der Waals surface area (Å²) >= 11 is 0. The first-order chi connectivity index (χ1) is 10.4. The molecule has 0 aliphatic carbocycles. The molecule has 1 amide bonds. The lowest BCUT2D eigenvalue weighted by Gasteiger charge is -2.18. The summed E-state index contributed by atoms with van der Waals surface area (Å²) in [5.41, 5.74) is 1.21. The zero-order valence-electron chi connectivity index (χ0n) is 12.4. The lowest BCUT2D eigenvalue weighted by atomic mass is 10.1. The Kier molecular flexibility index (Phi) is 4.87. The molecule has 2 aromatic heterocycles. The minimum Gasteiger partial charge on any atom is -0.345 e. The van der Waals surface area contributed by atoms with Crippen LogP contribution in [0.2, 0.25) is 0 Å².